The van der Waals surface area contributed by atoms with Crippen molar-refractivity contribution in [3.63, 3.8) is 0 Å². The molecule has 1 aliphatic rings. The van der Waals surface area contributed by atoms with E-state index in [0.29, 0.717) is 30.3 Å². The fourth-order valence-electron chi connectivity index (χ4n) is 3.14. The maximum Gasteiger partial charge on any atom is 0.220 e. The number of aryl methyl sites for hydroxylation is 1. The van der Waals surface area contributed by atoms with Crippen LogP contribution in [0.3, 0.4) is 0 Å². The summed E-state index contributed by atoms with van der Waals surface area (Å²) in [6.45, 7) is 1.62. The minimum Gasteiger partial charge on any atom is -0.354 e. The Morgan fingerprint density at radius 2 is 2.12 bits per heavy atom. The van der Waals surface area contributed by atoms with Crippen LogP contribution < -0.4 is 10.2 Å². The smallest absolute Gasteiger partial charge is 0.220 e. The fourth-order valence-corrected chi connectivity index (χ4v) is 4.51. The van der Waals surface area contributed by atoms with Gasteiger partial charge in [-0.05, 0) is 37.0 Å². The highest BCUT2D eigenvalue weighted by atomic mass is 32.2. The average Bonchev–Trinajstić information content (AvgIpc) is 3.28. The van der Waals surface area contributed by atoms with Gasteiger partial charge in [0.25, 0.3) is 0 Å². The molecule has 1 amide bonds. The molecule has 1 aliphatic heterocycles. The first kappa shape index (κ1) is 18.8. The number of carbonyl (C=O) groups is 1. The van der Waals surface area contributed by atoms with Crippen LogP contribution in [0.4, 0.5) is 5.13 Å². The maximum atomic E-state index is 12.2. The Morgan fingerprint density at radius 3 is 2.77 bits per heavy atom. The zero-order valence-electron chi connectivity index (χ0n) is 14.7. The van der Waals surface area contributed by atoms with Gasteiger partial charge in [-0.1, -0.05) is 12.1 Å². The van der Waals surface area contributed by atoms with Crippen LogP contribution in [0.1, 0.15) is 24.8 Å². The molecule has 2 aromatic rings. The lowest BCUT2D eigenvalue weighted by Crippen LogP contribution is -2.40. The normalized spacial score (nSPS) is 17.4. The van der Waals surface area contributed by atoms with E-state index in [1.807, 2.05) is 11.6 Å². The van der Waals surface area contributed by atoms with Crippen molar-refractivity contribution in [3.8, 4) is 0 Å². The predicted molar refractivity (Wildman–Crippen MR) is 103 cm³/mol. The van der Waals surface area contributed by atoms with Crippen LogP contribution in [0.5, 0.6) is 0 Å². The molecular formula is C18H23N3O3S2. The van der Waals surface area contributed by atoms with Crippen molar-refractivity contribution in [1.29, 1.82) is 0 Å². The summed E-state index contributed by atoms with van der Waals surface area (Å²) >= 11 is 1.63. The molecular weight excluding hydrogens is 370 g/mol. The minimum atomic E-state index is -3.18. The van der Waals surface area contributed by atoms with Crippen LogP contribution in [0.2, 0.25) is 0 Å². The Labute approximate surface area is 158 Å². The second-order valence-electron chi connectivity index (χ2n) is 6.52. The van der Waals surface area contributed by atoms with Gasteiger partial charge in [0.05, 0.1) is 4.90 Å². The van der Waals surface area contributed by atoms with Gasteiger partial charge in [-0.15, -0.1) is 11.3 Å². The highest BCUT2D eigenvalue weighted by Crippen LogP contribution is 2.26. The second-order valence-corrected chi connectivity index (χ2v) is 9.41. The van der Waals surface area contributed by atoms with Crippen LogP contribution in [0.25, 0.3) is 0 Å². The Hall–Kier alpha value is -1.93. The van der Waals surface area contributed by atoms with Gasteiger partial charge in [-0.25, -0.2) is 13.4 Å². The van der Waals surface area contributed by atoms with E-state index in [2.05, 4.69) is 15.2 Å². The molecule has 0 spiro atoms. The zero-order chi connectivity index (χ0) is 18.6. The van der Waals surface area contributed by atoms with Crippen molar-refractivity contribution < 1.29 is 13.2 Å². The largest absolute Gasteiger partial charge is 0.354 e. The quantitative estimate of drug-likeness (QED) is 0.781. The number of carbonyl (C=O) groups excluding carboxylic acids is 1. The number of benzene rings is 1. The van der Waals surface area contributed by atoms with Crippen LogP contribution in [0, 0.1) is 0 Å². The van der Waals surface area contributed by atoms with Crippen LogP contribution in [-0.4, -0.2) is 44.7 Å². The van der Waals surface area contributed by atoms with Crippen molar-refractivity contribution >= 4 is 32.2 Å². The number of rotatable bonds is 7. The number of hydrogen-bond donors (Lipinski definition) is 1. The number of aromatic nitrogens is 1. The molecule has 1 fully saturated rings. The van der Waals surface area contributed by atoms with E-state index >= 15 is 0 Å². The molecule has 140 valence electrons. The number of anilines is 1. The highest BCUT2D eigenvalue weighted by Gasteiger charge is 2.26. The molecule has 2 heterocycles. The zero-order valence-corrected chi connectivity index (χ0v) is 16.4. The Bertz CT molecular complexity index is 833. The van der Waals surface area contributed by atoms with Gasteiger partial charge in [0, 0.05) is 43.4 Å². The van der Waals surface area contributed by atoms with Crippen LogP contribution in [-0.2, 0) is 21.1 Å². The molecule has 0 bridgehead atoms. The third-order valence-electron chi connectivity index (χ3n) is 4.57. The number of nitrogens with one attached hydrogen (secondary N) is 1. The molecule has 6 nitrogen and oxygen atoms in total. The SMILES string of the molecule is CS(=O)(=O)c1ccc(CCC(=O)NCC2CCCN2c2nccs2)cc1. The Kier molecular flexibility index (Phi) is 5.93. The lowest BCUT2D eigenvalue weighted by molar-refractivity contribution is -0.121. The molecule has 1 atom stereocenters. The first-order valence-electron chi connectivity index (χ1n) is 8.65. The average molecular weight is 394 g/mol. The topological polar surface area (TPSA) is 79.4 Å². The van der Waals surface area contributed by atoms with E-state index < -0.39 is 9.84 Å². The molecule has 0 saturated carbocycles. The van der Waals surface area contributed by atoms with Gasteiger partial charge in [0.1, 0.15) is 0 Å². The van der Waals surface area contributed by atoms with Gasteiger partial charge in [0.2, 0.25) is 5.91 Å². The van der Waals surface area contributed by atoms with Gasteiger partial charge >= 0.3 is 0 Å². The van der Waals surface area contributed by atoms with E-state index in [4.69, 9.17) is 0 Å². The van der Waals surface area contributed by atoms with Crippen molar-refractivity contribution in [2.24, 2.45) is 0 Å². The first-order chi connectivity index (χ1) is 12.4. The highest BCUT2D eigenvalue weighted by molar-refractivity contribution is 7.90. The maximum absolute atomic E-state index is 12.2. The van der Waals surface area contributed by atoms with E-state index in [1.165, 1.54) is 6.26 Å². The summed E-state index contributed by atoms with van der Waals surface area (Å²) in [5.41, 5.74) is 0.956. The third kappa shape index (κ3) is 4.82. The number of amides is 1. The van der Waals surface area contributed by atoms with Crippen LogP contribution in [0.15, 0.2) is 40.7 Å². The number of hydrogen-bond acceptors (Lipinski definition) is 6. The van der Waals surface area contributed by atoms with E-state index in [0.717, 1.165) is 30.1 Å². The Morgan fingerprint density at radius 1 is 1.35 bits per heavy atom. The molecule has 1 N–H and O–H groups in total. The van der Waals surface area contributed by atoms with Gasteiger partial charge in [0.15, 0.2) is 15.0 Å². The molecule has 0 aliphatic carbocycles. The second kappa shape index (κ2) is 8.18. The van der Waals surface area contributed by atoms with E-state index in [1.54, 1.807) is 35.6 Å². The summed E-state index contributed by atoms with van der Waals surface area (Å²) in [4.78, 5) is 19.1. The van der Waals surface area contributed by atoms with Crippen molar-refractivity contribution in [1.82, 2.24) is 10.3 Å². The van der Waals surface area contributed by atoms with E-state index in [9.17, 15) is 13.2 Å². The Balaban J connectivity index is 1.46. The van der Waals surface area contributed by atoms with Crippen molar-refractivity contribution in [3.05, 3.63) is 41.4 Å². The molecule has 1 unspecified atom stereocenters. The summed E-state index contributed by atoms with van der Waals surface area (Å²) in [5, 5.41) is 6.01. The number of thiazole rings is 1. The monoisotopic (exact) mass is 393 g/mol. The third-order valence-corrected chi connectivity index (χ3v) is 6.51. The summed E-state index contributed by atoms with van der Waals surface area (Å²) in [6.07, 6.45) is 6.16. The number of sulfone groups is 1. The summed E-state index contributed by atoms with van der Waals surface area (Å²) in [7, 11) is -3.18. The summed E-state index contributed by atoms with van der Waals surface area (Å²) in [6, 6.07) is 7.02. The van der Waals surface area contributed by atoms with Gasteiger partial charge < -0.3 is 10.2 Å². The summed E-state index contributed by atoms with van der Waals surface area (Å²) in [5.74, 6) is 0.0168. The standard InChI is InChI=1S/C18H23N3O3S2/c1-26(23,24)16-7-4-14(5-8-16)6-9-17(22)20-13-15-3-2-11-21(15)18-19-10-12-25-18/h4-5,7-8,10,12,15H,2-3,6,9,11,13H2,1H3,(H,20,22). The summed E-state index contributed by atoms with van der Waals surface area (Å²) < 4.78 is 22.9. The first-order valence-corrected chi connectivity index (χ1v) is 11.4. The molecule has 8 heteroatoms. The van der Waals surface area contributed by atoms with Crippen molar-refractivity contribution in [2.75, 3.05) is 24.2 Å². The van der Waals surface area contributed by atoms with E-state index in [-0.39, 0.29) is 5.91 Å². The molecule has 26 heavy (non-hydrogen) atoms. The molecule has 1 aromatic carbocycles. The molecule has 3 rings (SSSR count). The fraction of sp³-hybridized carbons (Fsp3) is 0.444. The lowest BCUT2D eigenvalue weighted by atomic mass is 10.1. The van der Waals surface area contributed by atoms with Crippen molar-refractivity contribution in [2.45, 2.75) is 36.6 Å². The van der Waals surface area contributed by atoms with Gasteiger partial charge in [-0.3, -0.25) is 4.79 Å². The number of nitrogens with zero attached hydrogens (tertiary/aromatic N) is 2. The molecule has 1 saturated heterocycles. The minimum absolute atomic E-state index is 0.0168. The molecule has 1 aromatic heterocycles. The van der Waals surface area contributed by atoms with Crippen LogP contribution >= 0.6 is 11.3 Å². The lowest BCUT2D eigenvalue weighted by Gasteiger charge is -2.24. The van der Waals surface area contributed by atoms with Gasteiger partial charge in [-0.2, -0.15) is 0 Å². The predicted octanol–water partition coefficient (Wildman–Crippen LogP) is 2.26. The molecule has 0 radical (unpaired) electrons.